The van der Waals surface area contributed by atoms with Crippen LogP contribution in [0.5, 0.6) is 0 Å². The Morgan fingerprint density at radius 3 is 1.73 bits per heavy atom. The maximum atomic E-state index is 2.43. The molecule has 0 N–H and O–H groups in total. The maximum absolute atomic E-state index is 2.43. The van der Waals surface area contributed by atoms with Crippen molar-refractivity contribution in [3.63, 3.8) is 0 Å². The number of nitrogens with zero attached hydrogens (tertiary/aromatic N) is 1. The molecule has 0 fully saturated rings. The molecule has 0 bridgehead atoms. The Labute approximate surface area is 372 Å². The van der Waals surface area contributed by atoms with E-state index >= 15 is 0 Å². The second-order valence-corrected chi connectivity index (χ2v) is 18.3. The molecule has 1 heterocycles. The molecule has 1 aliphatic rings. The Hall–Kier alpha value is -7.52. The first kappa shape index (κ1) is 37.3. The van der Waals surface area contributed by atoms with E-state index in [0.717, 1.165) is 17.1 Å². The molecule has 0 atom stereocenters. The van der Waals surface area contributed by atoms with Crippen LogP contribution in [0.1, 0.15) is 25.0 Å². The summed E-state index contributed by atoms with van der Waals surface area (Å²) in [6.45, 7) is 4.71. The third kappa shape index (κ3) is 6.21. The van der Waals surface area contributed by atoms with Gasteiger partial charge in [0.1, 0.15) is 0 Å². The van der Waals surface area contributed by atoms with Crippen molar-refractivity contribution in [2.75, 3.05) is 4.90 Å². The van der Waals surface area contributed by atoms with Crippen LogP contribution >= 0.6 is 11.3 Å². The summed E-state index contributed by atoms with van der Waals surface area (Å²) < 4.78 is 2.65. The molecule has 12 rings (SSSR count). The molecule has 1 nitrogen and oxygen atoms in total. The van der Waals surface area contributed by atoms with Gasteiger partial charge in [0.25, 0.3) is 0 Å². The predicted octanol–water partition coefficient (Wildman–Crippen LogP) is 17.7. The normalized spacial score (nSPS) is 12.7. The highest BCUT2D eigenvalue weighted by Crippen LogP contribution is 2.50. The molecule has 63 heavy (non-hydrogen) atoms. The third-order valence-electron chi connectivity index (χ3n) is 13.3. The molecule has 11 aromatic rings. The van der Waals surface area contributed by atoms with Gasteiger partial charge in [0.2, 0.25) is 0 Å². The molecule has 1 aliphatic carbocycles. The molecule has 10 aromatic carbocycles. The number of para-hydroxylation sites is 1. The van der Waals surface area contributed by atoms with Crippen molar-refractivity contribution in [2.45, 2.75) is 19.3 Å². The second-order valence-electron chi connectivity index (χ2n) is 17.3. The van der Waals surface area contributed by atoms with Gasteiger partial charge in [-0.3, -0.25) is 0 Å². The molecule has 0 aliphatic heterocycles. The van der Waals surface area contributed by atoms with Crippen LogP contribution in [0.25, 0.3) is 86.6 Å². The van der Waals surface area contributed by atoms with Crippen LogP contribution in [-0.4, -0.2) is 0 Å². The molecule has 0 amide bonds. The lowest BCUT2D eigenvalue weighted by molar-refractivity contribution is 0.660. The van der Waals surface area contributed by atoms with E-state index < -0.39 is 0 Å². The first-order valence-electron chi connectivity index (χ1n) is 21.8. The summed E-state index contributed by atoms with van der Waals surface area (Å²) in [4.78, 5) is 2.43. The molecule has 0 saturated heterocycles. The average Bonchev–Trinajstić information content (AvgIpc) is 3.84. The van der Waals surface area contributed by atoms with Crippen molar-refractivity contribution in [1.82, 2.24) is 0 Å². The molecule has 0 spiro atoms. The molecular weight excluding hydrogens is 779 g/mol. The van der Waals surface area contributed by atoms with E-state index in [1.165, 1.54) is 97.7 Å². The third-order valence-corrected chi connectivity index (χ3v) is 14.5. The van der Waals surface area contributed by atoms with Crippen LogP contribution in [0.2, 0.25) is 0 Å². The van der Waals surface area contributed by atoms with Gasteiger partial charge in [-0.2, -0.15) is 0 Å². The van der Waals surface area contributed by atoms with Gasteiger partial charge < -0.3 is 4.90 Å². The Bertz CT molecular complexity index is 3530. The maximum Gasteiger partial charge on any atom is 0.0540 e. The van der Waals surface area contributed by atoms with Crippen molar-refractivity contribution in [2.24, 2.45) is 0 Å². The number of hydrogen-bond donors (Lipinski definition) is 0. The van der Waals surface area contributed by atoms with Gasteiger partial charge in [-0.25, -0.2) is 0 Å². The summed E-state index contributed by atoms with van der Waals surface area (Å²) in [5, 5.41) is 5.14. The number of hydrogen-bond acceptors (Lipinski definition) is 2. The van der Waals surface area contributed by atoms with E-state index in [2.05, 4.69) is 243 Å². The van der Waals surface area contributed by atoms with Gasteiger partial charge in [-0.1, -0.05) is 190 Å². The van der Waals surface area contributed by atoms with Gasteiger partial charge in [-0.05, 0) is 121 Å². The van der Waals surface area contributed by atoms with Gasteiger partial charge in [-0.15, -0.1) is 11.3 Å². The fourth-order valence-electron chi connectivity index (χ4n) is 10.1. The van der Waals surface area contributed by atoms with Crippen LogP contribution in [0.15, 0.2) is 224 Å². The minimum Gasteiger partial charge on any atom is -0.310 e. The topological polar surface area (TPSA) is 3.24 Å². The molecule has 1 aromatic heterocycles. The number of fused-ring (bicyclic) bond motifs is 7. The Balaban J connectivity index is 0.972. The minimum atomic E-state index is -0.0536. The predicted molar refractivity (Wildman–Crippen MR) is 271 cm³/mol. The minimum absolute atomic E-state index is 0.0536. The lowest BCUT2D eigenvalue weighted by Crippen LogP contribution is -2.14. The fourth-order valence-corrected chi connectivity index (χ4v) is 11.4. The van der Waals surface area contributed by atoms with Gasteiger partial charge in [0, 0.05) is 42.5 Å². The highest BCUT2D eigenvalue weighted by atomic mass is 32.1. The highest BCUT2D eigenvalue weighted by Gasteiger charge is 2.35. The van der Waals surface area contributed by atoms with Crippen molar-refractivity contribution in [3.8, 4) is 55.6 Å². The number of benzene rings is 10. The molecule has 0 unspecified atom stereocenters. The quantitative estimate of drug-likeness (QED) is 0.155. The smallest absolute Gasteiger partial charge is 0.0540 e. The first-order chi connectivity index (χ1) is 31.0. The summed E-state index contributed by atoms with van der Waals surface area (Å²) in [6.07, 6.45) is 0. The fraction of sp³-hybridized carbons (Fsp3) is 0.0492. The average molecular weight is 822 g/mol. The molecular formula is C61H43NS. The zero-order valence-corrected chi connectivity index (χ0v) is 36.0. The standard InChI is InChI=1S/C61H43NS/c1-61(2)56-25-8-5-20-52(56)53-37-32-43(39-57(53)61)40-28-33-46(34-29-40)62(47-35-30-42(31-36-47)51-23-13-24-55-54-21-7-10-27-59(54)63-60(51)55)58-26-9-6-19-50(58)45-17-11-16-44(38-45)49-22-12-15-41-14-3-4-18-48(41)49/h3-39H,1-2H3. The molecule has 0 radical (unpaired) electrons. The Morgan fingerprint density at radius 1 is 0.349 bits per heavy atom. The zero-order chi connectivity index (χ0) is 42.1. The molecule has 0 saturated carbocycles. The summed E-state index contributed by atoms with van der Waals surface area (Å²) in [7, 11) is 0. The highest BCUT2D eigenvalue weighted by molar-refractivity contribution is 7.26. The van der Waals surface area contributed by atoms with Gasteiger partial charge in [0.05, 0.1) is 5.69 Å². The Morgan fingerprint density at radius 2 is 0.905 bits per heavy atom. The van der Waals surface area contributed by atoms with Crippen molar-refractivity contribution < 1.29 is 0 Å². The lowest BCUT2D eigenvalue weighted by atomic mass is 9.81. The zero-order valence-electron chi connectivity index (χ0n) is 35.2. The first-order valence-corrected chi connectivity index (χ1v) is 22.6. The summed E-state index contributed by atoms with van der Waals surface area (Å²) in [6, 6.07) is 82.8. The van der Waals surface area contributed by atoms with Crippen LogP contribution in [0.3, 0.4) is 0 Å². The Kier molecular flexibility index (Phi) is 8.77. The number of anilines is 3. The van der Waals surface area contributed by atoms with Crippen LogP contribution in [0.4, 0.5) is 17.1 Å². The van der Waals surface area contributed by atoms with Crippen LogP contribution in [0, 0.1) is 0 Å². The van der Waals surface area contributed by atoms with Crippen molar-refractivity contribution in [1.29, 1.82) is 0 Å². The van der Waals surface area contributed by atoms with E-state index in [4.69, 9.17) is 0 Å². The number of thiophene rings is 1. The van der Waals surface area contributed by atoms with Crippen molar-refractivity contribution in [3.05, 3.63) is 236 Å². The van der Waals surface area contributed by atoms with Crippen molar-refractivity contribution >= 4 is 59.3 Å². The molecule has 298 valence electrons. The SMILES string of the molecule is CC1(C)c2ccccc2-c2ccc(-c3ccc(N(c4ccc(-c5cccc6c5sc5ccccc56)cc4)c4ccccc4-c4cccc(-c5cccc6ccccc56)c4)cc3)cc21. The van der Waals surface area contributed by atoms with Crippen LogP contribution in [-0.2, 0) is 5.41 Å². The molecule has 2 heteroatoms. The summed E-state index contributed by atoms with van der Waals surface area (Å²) >= 11 is 1.88. The van der Waals surface area contributed by atoms with E-state index in [-0.39, 0.29) is 5.41 Å². The van der Waals surface area contributed by atoms with E-state index in [9.17, 15) is 0 Å². The number of rotatable bonds is 7. The summed E-state index contributed by atoms with van der Waals surface area (Å²) in [5.74, 6) is 0. The van der Waals surface area contributed by atoms with E-state index in [1.54, 1.807) is 0 Å². The van der Waals surface area contributed by atoms with Gasteiger partial charge >= 0.3 is 0 Å². The van der Waals surface area contributed by atoms with Gasteiger partial charge in [0.15, 0.2) is 0 Å². The second kappa shape index (κ2) is 14.8. The van der Waals surface area contributed by atoms with E-state index in [1.807, 2.05) is 11.3 Å². The monoisotopic (exact) mass is 821 g/mol. The largest absolute Gasteiger partial charge is 0.310 e. The lowest BCUT2D eigenvalue weighted by Gasteiger charge is -2.28. The van der Waals surface area contributed by atoms with Crippen LogP contribution < -0.4 is 4.90 Å². The van der Waals surface area contributed by atoms with E-state index in [0.29, 0.717) is 0 Å². The summed E-state index contributed by atoms with van der Waals surface area (Å²) in [5.41, 5.74) is 18.5.